The van der Waals surface area contributed by atoms with E-state index in [4.69, 9.17) is 14.0 Å². The first-order valence-corrected chi connectivity index (χ1v) is 7.87. The molecule has 0 fully saturated rings. The topological polar surface area (TPSA) is 86.5 Å². The van der Waals surface area contributed by atoms with Gasteiger partial charge in [0.25, 0.3) is 5.91 Å². The first kappa shape index (κ1) is 15.2. The van der Waals surface area contributed by atoms with Crippen LogP contribution in [0.25, 0.3) is 11.4 Å². The average molecular weight is 337 g/mol. The Hall–Kier alpha value is -3.35. The van der Waals surface area contributed by atoms with E-state index in [1.807, 2.05) is 19.1 Å². The van der Waals surface area contributed by atoms with Crippen molar-refractivity contribution < 1.29 is 18.8 Å². The standard InChI is InChI=1S/C18H15N3O4/c1-2-16-20-17(21-25-16)11-4-3-5-13(8-11)19-18(22)12-6-7-14-15(9-12)24-10-23-14/h3-9H,2,10H2,1H3,(H,19,22). The van der Waals surface area contributed by atoms with Gasteiger partial charge in [-0.1, -0.05) is 24.2 Å². The number of anilines is 1. The number of fused-ring (bicyclic) bond motifs is 1. The number of nitrogens with one attached hydrogen (secondary N) is 1. The quantitative estimate of drug-likeness (QED) is 0.786. The van der Waals surface area contributed by atoms with Gasteiger partial charge in [-0.05, 0) is 30.3 Å². The number of carbonyl (C=O) groups is 1. The molecule has 1 N–H and O–H groups in total. The SMILES string of the molecule is CCc1nc(-c2cccc(NC(=O)c3ccc4c(c3)OCO4)c2)no1. The number of ether oxygens (including phenoxy) is 2. The number of hydrogen-bond acceptors (Lipinski definition) is 6. The predicted molar refractivity (Wildman–Crippen MR) is 89.6 cm³/mol. The lowest BCUT2D eigenvalue weighted by molar-refractivity contribution is 0.102. The number of aromatic nitrogens is 2. The van der Waals surface area contributed by atoms with Crippen LogP contribution in [0.2, 0.25) is 0 Å². The van der Waals surface area contributed by atoms with E-state index in [-0.39, 0.29) is 12.7 Å². The number of benzene rings is 2. The van der Waals surface area contributed by atoms with Crippen molar-refractivity contribution in [2.75, 3.05) is 12.1 Å². The Kier molecular flexibility index (Phi) is 3.81. The lowest BCUT2D eigenvalue weighted by atomic mass is 10.1. The Morgan fingerprint density at radius 3 is 2.88 bits per heavy atom. The molecule has 0 aliphatic carbocycles. The predicted octanol–water partition coefficient (Wildman–Crippen LogP) is 3.28. The van der Waals surface area contributed by atoms with Crippen LogP contribution in [0, 0.1) is 0 Å². The molecule has 0 saturated carbocycles. The van der Waals surface area contributed by atoms with Crippen molar-refractivity contribution in [2.24, 2.45) is 0 Å². The summed E-state index contributed by atoms with van der Waals surface area (Å²) in [6, 6.07) is 12.4. The zero-order valence-electron chi connectivity index (χ0n) is 13.5. The lowest BCUT2D eigenvalue weighted by Gasteiger charge is -2.07. The second-order valence-corrected chi connectivity index (χ2v) is 5.47. The van der Waals surface area contributed by atoms with Gasteiger partial charge < -0.3 is 19.3 Å². The summed E-state index contributed by atoms with van der Waals surface area (Å²) in [5.41, 5.74) is 1.90. The summed E-state index contributed by atoms with van der Waals surface area (Å²) in [4.78, 5) is 16.8. The van der Waals surface area contributed by atoms with Crippen LogP contribution in [-0.4, -0.2) is 22.8 Å². The van der Waals surface area contributed by atoms with Crippen molar-refractivity contribution in [3.63, 3.8) is 0 Å². The summed E-state index contributed by atoms with van der Waals surface area (Å²) in [5, 5.41) is 6.80. The minimum absolute atomic E-state index is 0.174. The van der Waals surface area contributed by atoms with Crippen molar-refractivity contribution in [1.82, 2.24) is 10.1 Å². The van der Waals surface area contributed by atoms with E-state index in [2.05, 4.69) is 15.5 Å². The molecule has 7 nitrogen and oxygen atoms in total. The summed E-state index contributed by atoms with van der Waals surface area (Å²) in [6.45, 7) is 2.12. The molecule has 0 radical (unpaired) electrons. The van der Waals surface area contributed by atoms with Crippen LogP contribution in [0.15, 0.2) is 47.0 Å². The molecule has 7 heteroatoms. The third-order valence-electron chi connectivity index (χ3n) is 3.78. The molecule has 25 heavy (non-hydrogen) atoms. The highest BCUT2D eigenvalue weighted by Gasteiger charge is 2.16. The second-order valence-electron chi connectivity index (χ2n) is 5.47. The van der Waals surface area contributed by atoms with Gasteiger partial charge in [-0.3, -0.25) is 4.79 Å². The Balaban J connectivity index is 1.54. The third kappa shape index (κ3) is 3.03. The zero-order valence-corrected chi connectivity index (χ0v) is 13.5. The minimum atomic E-state index is -0.238. The van der Waals surface area contributed by atoms with Gasteiger partial charge in [-0.15, -0.1) is 0 Å². The third-order valence-corrected chi connectivity index (χ3v) is 3.78. The summed E-state index contributed by atoms with van der Waals surface area (Å²) >= 11 is 0. The van der Waals surface area contributed by atoms with Crippen LogP contribution in [0.1, 0.15) is 23.2 Å². The molecule has 0 saturated heterocycles. The van der Waals surface area contributed by atoms with Crippen molar-refractivity contribution in [3.05, 3.63) is 53.9 Å². The Labute approximate surface area is 143 Å². The fraction of sp³-hybridized carbons (Fsp3) is 0.167. The fourth-order valence-electron chi connectivity index (χ4n) is 2.49. The van der Waals surface area contributed by atoms with Crippen LogP contribution in [0.5, 0.6) is 11.5 Å². The molecular formula is C18H15N3O4. The van der Waals surface area contributed by atoms with Gasteiger partial charge in [0.15, 0.2) is 11.5 Å². The highest BCUT2D eigenvalue weighted by atomic mass is 16.7. The average Bonchev–Trinajstić information content (AvgIpc) is 3.30. The molecule has 0 spiro atoms. The van der Waals surface area contributed by atoms with E-state index in [1.54, 1.807) is 30.3 Å². The Bertz CT molecular complexity index is 936. The second kappa shape index (κ2) is 6.27. The number of aryl methyl sites for hydroxylation is 1. The van der Waals surface area contributed by atoms with E-state index in [1.165, 1.54) is 0 Å². The number of rotatable bonds is 4. The number of amides is 1. The van der Waals surface area contributed by atoms with Crippen LogP contribution in [0.3, 0.4) is 0 Å². The molecule has 0 bridgehead atoms. The first-order valence-electron chi connectivity index (χ1n) is 7.87. The molecule has 0 unspecified atom stereocenters. The van der Waals surface area contributed by atoms with Gasteiger partial charge in [-0.2, -0.15) is 4.98 Å². The van der Waals surface area contributed by atoms with E-state index in [0.29, 0.717) is 40.9 Å². The maximum absolute atomic E-state index is 12.5. The first-order chi connectivity index (χ1) is 12.2. The Morgan fingerprint density at radius 2 is 2.04 bits per heavy atom. The minimum Gasteiger partial charge on any atom is -0.454 e. The smallest absolute Gasteiger partial charge is 0.255 e. The van der Waals surface area contributed by atoms with Crippen molar-refractivity contribution >= 4 is 11.6 Å². The maximum atomic E-state index is 12.5. The van der Waals surface area contributed by atoms with Gasteiger partial charge in [0.1, 0.15) is 0 Å². The van der Waals surface area contributed by atoms with E-state index < -0.39 is 0 Å². The Morgan fingerprint density at radius 1 is 1.16 bits per heavy atom. The van der Waals surface area contributed by atoms with Crippen molar-refractivity contribution in [2.45, 2.75) is 13.3 Å². The molecule has 2 aromatic carbocycles. The van der Waals surface area contributed by atoms with Crippen LogP contribution < -0.4 is 14.8 Å². The lowest BCUT2D eigenvalue weighted by Crippen LogP contribution is -2.11. The highest BCUT2D eigenvalue weighted by molar-refractivity contribution is 6.04. The molecular weight excluding hydrogens is 322 g/mol. The molecule has 0 atom stereocenters. The number of carbonyl (C=O) groups excluding carboxylic acids is 1. The molecule has 126 valence electrons. The van der Waals surface area contributed by atoms with Gasteiger partial charge in [-0.25, -0.2) is 0 Å². The summed E-state index contributed by atoms with van der Waals surface area (Å²) < 4.78 is 15.7. The number of nitrogens with zero attached hydrogens (tertiary/aromatic N) is 2. The van der Waals surface area contributed by atoms with Crippen LogP contribution in [-0.2, 0) is 6.42 Å². The summed E-state index contributed by atoms with van der Waals surface area (Å²) in [6.07, 6.45) is 0.674. The van der Waals surface area contributed by atoms with Gasteiger partial charge in [0.05, 0.1) is 0 Å². The zero-order chi connectivity index (χ0) is 17.2. The van der Waals surface area contributed by atoms with Gasteiger partial charge >= 0.3 is 0 Å². The normalized spacial score (nSPS) is 12.2. The van der Waals surface area contributed by atoms with E-state index >= 15 is 0 Å². The van der Waals surface area contributed by atoms with Crippen LogP contribution in [0.4, 0.5) is 5.69 Å². The molecule has 1 aliphatic rings. The molecule has 1 aliphatic heterocycles. The molecule has 4 rings (SSSR count). The van der Waals surface area contributed by atoms with Gasteiger partial charge in [0.2, 0.25) is 18.5 Å². The van der Waals surface area contributed by atoms with Crippen molar-refractivity contribution in [1.29, 1.82) is 0 Å². The largest absolute Gasteiger partial charge is 0.454 e. The molecule has 3 aromatic rings. The summed E-state index contributed by atoms with van der Waals surface area (Å²) in [7, 11) is 0. The molecule has 2 heterocycles. The van der Waals surface area contributed by atoms with E-state index in [0.717, 1.165) is 5.56 Å². The van der Waals surface area contributed by atoms with Gasteiger partial charge in [0, 0.05) is 23.2 Å². The molecule has 1 aromatic heterocycles. The summed E-state index contributed by atoms with van der Waals surface area (Å²) in [5.74, 6) is 2.04. The monoisotopic (exact) mass is 337 g/mol. The van der Waals surface area contributed by atoms with Crippen molar-refractivity contribution in [3.8, 4) is 22.9 Å². The highest BCUT2D eigenvalue weighted by Crippen LogP contribution is 2.32. The number of hydrogen-bond donors (Lipinski definition) is 1. The van der Waals surface area contributed by atoms with E-state index in [9.17, 15) is 4.79 Å². The molecule has 1 amide bonds. The fourth-order valence-corrected chi connectivity index (χ4v) is 2.49. The van der Waals surface area contributed by atoms with Crippen LogP contribution >= 0.6 is 0 Å². The maximum Gasteiger partial charge on any atom is 0.255 e.